The molecular formula is C16H20BrFO. The molecule has 0 heterocycles. The van der Waals surface area contributed by atoms with Crippen molar-refractivity contribution in [3.63, 3.8) is 0 Å². The van der Waals surface area contributed by atoms with E-state index >= 15 is 0 Å². The predicted molar refractivity (Wildman–Crippen MR) is 78.6 cm³/mol. The van der Waals surface area contributed by atoms with Crippen molar-refractivity contribution in [2.45, 2.75) is 45.4 Å². The zero-order chi connectivity index (χ0) is 13.8. The molecule has 1 nitrogen and oxygen atoms in total. The molecule has 0 spiro atoms. The molecule has 1 aliphatic carbocycles. The van der Waals surface area contributed by atoms with Gasteiger partial charge in [-0.3, -0.25) is 4.79 Å². The molecule has 0 aliphatic heterocycles. The fraction of sp³-hybridized carbons (Fsp3) is 0.562. The predicted octanol–water partition coefficient (Wildman–Crippen LogP) is 4.92. The minimum absolute atomic E-state index is 0.208. The van der Waals surface area contributed by atoms with E-state index in [9.17, 15) is 9.18 Å². The molecule has 104 valence electrons. The molecule has 0 saturated heterocycles. The van der Waals surface area contributed by atoms with Crippen molar-refractivity contribution in [2.24, 2.45) is 11.8 Å². The lowest BCUT2D eigenvalue weighted by Crippen LogP contribution is -2.23. The van der Waals surface area contributed by atoms with Gasteiger partial charge in [-0.15, -0.1) is 0 Å². The van der Waals surface area contributed by atoms with Crippen LogP contribution < -0.4 is 0 Å². The normalized spacial score (nSPS) is 23.3. The first-order chi connectivity index (χ1) is 9.10. The summed E-state index contributed by atoms with van der Waals surface area (Å²) in [7, 11) is 0. The third-order valence-corrected chi connectivity index (χ3v) is 5.00. The summed E-state index contributed by atoms with van der Waals surface area (Å²) < 4.78 is 13.7. The topological polar surface area (TPSA) is 17.1 Å². The Bertz CT molecular complexity index is 450. The van der Waals surface area contributed by atoms with Gasteiger partial charge in [-0.1, -0.05) is 35.3 Å². The van der Waals surface area contributed by atoms with Crippen molar-refractivity contribution in [3.05, 3.63) is 34.1 Å². The van der Waals surface area contributed by atoms with Gasteiger partial charge in [0.1, 0.15) is 11.6 Å². The number of hydrogen-bond donors (Lipinski definition) is 0. The molecule has 0 unspecified atom stereocenters. The van der Waals surface area contributed by atoms with Gasteiger partial charge in [-0.2, -0.15) is 0 Å². The monoisotopic (exact) mass is 326 g/mol. The SMILES string of the molecule is CCC1CCC(C(=O)Cc2ccc(F)cc2Br)CC1. The van der Waals surface area contributed by atoms with Crippen LogP contribution in [0.1, 0.15) is 44.6 Å². The summed E-state index contributed by atoms with van der Waals surface area (Å²) in [5.41, 5.74) is 0.893. The van der Waals surface area contributed by atoms with Gasteiger partial charge in [0.15, 0.2) is 0 Å². The van der Waals surface area contributed by atoms with E-state index in [2.05, 4.69) is 22.9 Å². The summed E-state index contributed by atoms with van der Waals surface area (Å²) in [5.74, 6) is 1.05. The number of Topliss-reactive ketones (excluding diaryl/α,β-unsaturated/α-hetero) is 1. The summed E-state index contributed by atoms with van der Waals surface area (Å²) in [5, 5.41) is 0. The number of rotatable bonds is 4. The average molecular weight is 327 g/mol. The van der Waals surface area contributed by atoms with E-state index in [-0.39, 0.29) is 11.7 Å². The van der Waals surface area contributed by atoms with Gasteiger partial charge in [-0.05, 0) is 49.3 Å². The van der Waals surface area contributed by atoms with Gasteiger partial charge < -0.3 is 0 Å². The lowest BCUT2D eigenvalue weighted by Gasteiger charge is -2.26. The van der Waals surface area contributed by atoms with Crippen LogP contribution in [0.5, 0.6) is 0 Å². The highest BCUT2D eigenvalue weighted by atomic mass is 79.9. The van der Waals surface area contributed by atoms with Crippen molar-refractivity contribution in [1.29, 1.82) is 0 Å². The van der Waals surface area contributed by atoms with Gasteiger partial charge in [0.2, 0.25) is 0 Å². The average Bonchev–Trinajstić information content (AvgIpc) is 2.42. The molecule has 3 heteroatoms. The van der Waals surface area contributed by atoms with Gasteiger partial charge in [0, 0.05) is 16.8 Å². The molecule has 0 amide bonds. The van der Waals surface area contributed by atoms with Crippen molar-refractivity contribution < 1.29 is 9.18 Å². The maximum atomic E-state index is 13.0. The summed E-state index contributed by atoms with van der Waals surface area (Å²) >= 11 is 3.33. The van der Waals surface area contributed by atoms with Crippen LogP contribution in [0.15, 0.2) is 22.7 Å². The minimum Gasteiger partial charge on any atom is -0.299 e. The second-order valence-corrected chi connectivity index (χ2v) is 6.36. The molecule has 1 aliphatic rings. The maximum Gasteiger partial charge on any atom is 0.140 e. The molecule has 1 aromatic rings. The highest BCUT2D eigenvalue weighted by Crippen LogP contribution is 2.32. The van der Waals surface area contributed by atoms with E-state index in [1.54, 1.807) is 6.07 Å². The maximum absolute atomic E-state index is 13.0. The van der Waals surface area contributed by atoms with Crippen LogP contribution in [-0.2, 0) is 11.2 Å². The van der Waals surface area contributed by atoms with Crippen molar-refractivity contribution in [3.8, 4) is 0 Å². The molecule has 0 radical (unpaired) electrons. The second-order valence-electron chi connectivity index (χ2n) is 5.50. The molecular weight excluding hydrogens is 307 g/mol. The molecule has 19 heavy (non-hydrogen) atoms. The zero-order valence-electron chi connectivity index (χ0n) is 11.3. The number of hydrogen-bond acceptors (Lipinski definition) is 1. The summed E-state index contributed by atoms with van der Waals surface area (Å²) in [6, 6.07) is 4.55. The van der Waals surface area contributed by atoms with Gasteiger partial charge in [-0.25, -0.2) is 4.39 Å². The Morgan fingerprint density at radius 2 is 2.00 bits per heavy atom. The fourth-order valence-electron chi connectivity index (χ4n) is 2.89. The van der Waals surface area contributed by atoms with E-state index in [4.69, 9.17) is 0 Å². The lowest BCUT2D eigenvalue weighted by molar-refractivity contribution is -0.123. The van der Waals surface area contributed by atoms with Crippen LogP contribution in [0.25, 0.3) is 0 Å². The molecule has 0 aromatic heterocycles. The highest BCUT2D eigenvalue weighted by molar-refractivity contribution is 9.10. The van der Waals surface area contributed by atoms with Crippen LogP contribution in [0, 0.1) is 17.7 Å². The Labute approximate surface area is 122 Å². The summed E-state index contributed by atoms with van der Waals surface area (Å²) in [6.45, 7) is 2.22. The Morgan fingerprint density at radius 1 is 1.32 bits per heavy atom. The molecule has 0 bridgehead atoms. The first-order valence-electron chi connectivity index (χ1n) is 7.06. The third-order valence-electron chi connectivity index (χ3n) is 4.26. The lowest BCUT2D eigenvalue weighted by atomic mass is 9.78. The molecule has 0 N–H and O–H groups in total. The first kappa shape index (κ1) is 14.7. The van der Waals surface area contributed by atoms with E-state index in [1.807, 2.05) is 0 Å². The largest absolute Gasteiger partial charge is 0.299 e. The molecule has 1 fully saturated rings. The number of ketones is 1. The van der Waals surface area contributed by atoms with Crippen molar-refractivity contribution in [2.75, 3.05) is 0 Å². The molecule has 1 saturated carbocycles. The van der Waals surface area contributed by atoms with Crippen LogP contribution >= 0.6 is 15.9 Å². The van der Waals surface area contributed by atoms with Gasteiger partial charge >= 0.3 is 0 Å². The molecule has 2 rings (SSSR count). The van der Waals surface area contributed by atoms with Crippen LogP contribution in [0.2, 0.25) is 0 Å². The van der Waals surface area contributed by atoms with Crippen LogP contribution in [0.4, 0.5) is 4.39 Å². The standard InChI is InChI=1S/C16H20BrFO/c1-2-11-3-5-12(6-4-11)16(19)9-13-7-8-14(18)10-15(13)17/h7-8,10-12H,2-6,9H2,1H3. The Kier molecular flexibility index (Phi) is 5.14. The van der Waals surface area contributed by atoms with Crippen molar-refractivity contribution >= 4 is 21.7 Å². The quantitative estimate of drug-likeness (QED) is 0.767. The van der Waals surface area contributed by atoms with Crippen molar-refractivity contribution in [1.82, 2.24) is 0 Å². The van der Waals surface area contributed by atoms with E-state index in [1.165, 1.54) is 31.4 Å². The summed E-state index contributed by atoms with van der Waals surface area (Å²) in [4.78, 5) is 12.3. The zero-order valence-corrected chi connectivity index (χ0v) is 12.9. The third kappa shape index (κ3) is 3.88. The smallest absolute Gasteiger partial charge is 0.140 e. The number of carbonyl (C=O) groups is 1. The number of benzene rings is 1. The van der Waals surface area contributed by atoms with E-state index < -0.39 is 0 Å². The summed E-state index contributed by atoms with van der Waals surface area (Å²) in [6.07, 6.45) is 6.05. The van der Waals surface area contributed by atoms with Crippen LogP contribution in [0.3, 0.4) is 0 Å². The first-order valence-corrected chi connectivity index (χ1v) is 7.86. The van der Waals surface area contributed by atoms with Crippen LogP contribution in [-0.4, -0.2) is 5.78 Å². The highest BCUT2D eigenvalue weighted by Gasteiger charge is 2.25. The fourth-order valence-corrected chi connectivity index (χ4v) is 3.38. The van der Waals surface area contributed by atoms with E-state index in [0.717, 1.165) is 24.3 Å². The van der Waals surface area contributed by atoms with E-state index in [0.29, 0.717) is 16.7 Å². The van der Waals surface area contributed by atoms with Gasteiger partial charge in [0.05, 0.1) is 0 Å². The number of halogens is 2. The minimum atomic E-state index is -0.272. The Hall–Kier alpha value is -0.700. The van der Waals surface area contributed by atoms with Gasteiger partial charge in [0.25, 0.3) is 0 Å². The Balaban J connectivity index is 1.94. The number of carbonyl (C=O) groups excluding carboxylic acids is 1. The Morgan fingerprint density at radius 3 is 2.58 bits per heavy atom. The molecule has 1 aromatic carbocycles. The second kappa shape index (κ2) is 6.65. The molecule has 0 atom stereocenters.